The molecule has 55 heavy (non-hydrogen) atoms. The van der Waals surface area contributed by atoms with Gasteiger partial charge in [0.1, 0.15) is 0 Å². The van der Waals surface area contributed by atoms with Crippen LogP contribution < -0.4 is 4.90 Å². The highest BCUT2D eigenvalue weighted by Gasteiger charge is 2.51. The standard InChI is InChI=1S/C53H35NS/c1-3-13-36(14-4-1)38-23-28-41(29-24-38)54(42-30-25-39(26-31-42)37-15-5-2-6-16-37)43-32-33-48-46(35-43)45-19-9-10-20-47(45)53(48)49-21-11-12-22-50(49)55-51-34-27-40-17-7-8-18-44(40)52(51)53/h1-35H. The first-order valence-corrected chi connectivity index (χ1v) is 19.7. The first-order valence-electron chi connectivity index (χ1n) is 18.9. The lowest BCUT2D eigenvalue weighted by Crippen LogP contribution is -2.32. The minimum absolute atomic E-state index is 0.456. The van der Waals surface area contributed by atoms with E-state index in [2.05, 4.69) is 217 Å². The van der Waals surface area contributed by atoms with Crippen LogP contribution in [-0.4, -0.2) is 0 Å². The summed E-state index contributed by atoms with van der Waals surface area (Å²) in [4.78, 5) is 5.05. The van der Waals surface area contributed by atoms with Gasteiger partial charge in [-0.2, -0.15) is 0 Å². The van der Waals surface area contributed by atoms with Gasteiger partial charge in [0.15, 0.2) is 0 Å². The first kappa shape index (κ1) is 31.9. The Labute approximate surface area is 326 Å². The van der Waals surface area contributed by atoms with Crippen molar-refractivity contribution in [3.63, 3.8) is 0 Å². The minimum atomic E-state index is -0.456. The zero-order valence-electron chi connectivity index (χ0n) is 30.1. The summed E-state index contributed by atoms with van der Waals surface area (Å²) in [5.41, 5.74) is 15.7. The van der Waals surface area contributed by atoms with Crippen LogP contribution in [0.1, 0.15) is 22.3 Å². The van der Waals surface area contributed by atoms with Crippen LogP contribution in [-0.2, 0) is 5.41 Å². The van der Waals surface area contributed by atoms with E-state index in [0.717, 1.165) is 17.1 Å². The second kappa shape index (κ2) is 12.8. The Balaban J connectivity index is 1.13. The number of fused-ring (bicyclic) bond motifs is 11. The lowest BCUT2D eigenvalue weighted by Gasteiger charge is -2.40. The molecule has 258 valence electrons. The van der Waals surface area contributed by atoms with Crippen molar-refractivity contribution < 1.29 is 0 Å². The number of nitrogens with zero attached hydrogens (tertiary/aromatic N) is 1. The Morgan fingerprint density at radius 2 is 0.873 bits per heavy atom. The fourth-order valence-corrected chi connectivity index (χ4v) is 10.3. The number of anilines is 3. The molecule has 1 heterocycles. The van der Waals surface area contributed by atoms with E-state index in [1.165, 1.54) is 76.2 Å². The quantitative estimate of drug-likeness (QED) is 0.174. The lowest BCUT2D eigenvalue weighted by atomic mass is 9.66. The molecule has 2 aliphatic rings. The van der Waals surface area contributed by atoms with E-state index in [4.69, 9.17) is 0 Å². The van der Waals surface area contributed by atoms with Gasteiger partial charge in [-0.3, -0.25) is 0 Å². The molecule has 1 unspecified atom stereocenters. The highest BCUT2D eigenvalue weighted by atomic mass is 32.2. The van der Waals surface area contributed by atoms with Crippen molar-refractivity contribution in [2.75, 3.05) is 4.90 Å². The topological polar surface area (TPSA) is 3.24 Å². The summed E-state index contributed by atoms with van der Waals surface area (Å²) in [5, 5.41) is 2.58. The van der Waals surface area contributed by atoms with E-state index in [9.17, 15) is 0 Å². The summed E-state index contributed by atoms with van der Waals surface area (Å²) in [7, 11) is 0. The third-order valence-corrected chi connectivity index (χ3v) is 12.7. The Hall–Kier alpha value is -6.61. The molecule has 1 aliphatic carbocycles. The van der Waals surface area contributed by atoms with E-state index < -0.39 is 5.41 Å². The van der Waals surface area contributed by atoms with E-state index in [1.54, 1.807) is 0 Å². The molecule has 0 N–H and O–H groups in total. The molecule has 0 fully saturated rings. The second-order valence-corrected chi connectivity index (χ2v) is 15.5. The maximum atomic E-state index is 2.44. The van der Waals surface area contributed by atoms with Gasteiger partial charge in [0.25, 0.3) is 0 Å². The van der Waals surface area contributed by atoms with E-state index in [-0.39, 0.29) is 0 Å². The predicted octanol–water partition coefficient (Wildman–Crippen LogP) is 14.5. The van der Waals surface area contributed by atoms with Crippen LogP contribution in [0.25, 0.3) is 44.2 Å². The first-order chi connectivity index (χ1) is 27.3. The van der Waals surface area contributed by atoms with Crippen molar-refractivity contribution in [3.8, 4) is 33.4 Å². The Morgan fingerprint density at radius 3 is 1.56 bits per heavy atom. The van der Waals surface area contributed by atoms with E-state index in [0.29, 0.717) is 0 Å². The van der Waals surface area contributed by atoms with Crippen molar-refractivity contribution in [2.24, 2.45) is 0 Å². The van der Waals surface area contributed by atoms with Crippen molar-refractivity contribution in [1.82, 2.24) is 0 Å². The predicted molar refractivity (Wildman–Crippen MR) is 231 cm³/mol. The van der Waals surface area contributed by atoms with E-state index >= 15 is 0 Å². The Bertz CT molecular complexity index is 2800. The molecule has 1 nitrogen and oxygen atoms in total. The molecule has 1 aliphatic heterocycles. The maximum Gasteiger partial charge on any atom is 0.0741 e. The van der Waals surface area contributed by atoms with Crippen LogP contribution in [0.5, 0.6) is 0 Å². The van der Waals surface area contributed by atoms with E-state index in [1.807, 2.05) is 11.8 Å². The third-order valence-electron chi connectivity index (χ3n) is 11.5. The molecule has 0 radical (unpaired) electrons. The number of rotatable bonds is 5. The molecule has 9 aromatic carbocycles. The fraction of sp³-hybridized carbons (Fsp3) is 0.0189. The van der Waals surface area contributed by atoms with Gasteiger partial charge in [0, 0.05) is 26.9 Å². The van der Waals surface area contributed by atoms with Crippen molar-refractivity contribution in [1.29, 1.82) is 0 Å². The average molecular weight is 718 g/mol. The van der Waals surface area contributed by atoms with Crippen molar-refractivity contribution in [2.45, 2.75) is 15.2 Å². The molecule has 1 atom stereocenters. The summed E-state index contributed by atoms with van der Waals surface area (Å²) in [6, 6.07) is 78.2. The number of benzene rings is 9. The van der Waals surface area contributed by atoms with Crippen LogP contribution in [0, 0.1) is 0 Å². The minimum Gasteiger partial charge on any atom is -0.310 e. The van der Waals surface area contributed by atoms with Gasteiger partial charge in [-0.05, 0) is 115 Å². The summed E-state index contributed by atoms with van der Waals surface area (Å²) in [6.45, 7) is 0. The average Bonchev–Trinajstić information content (AvgIpc) is 3.54. The molecule has 0 saturated carbocycles. The smallest absolute Gasteiger partial charge is 0.0741 e. The summed E-state index contributed by atoms with van der Waals surface area (Å²) in [5.74, 6) is 0. The zero-order valence-corrected chi connectivity index (χ0v) is 30.9. The molecule has 1 spiro atoms. The van der Waals surface area contributed by atoms with Crippen LogP contribution in [0.2, 0.25) is 0 Å². The van der Waals surface area contributed by atoms with Gasteiger partial charge >= 0.3 is 0 Å². The van der Waals surface area contributed by atoms with Crippen LogP contribution in [0.4, 0.5) is 17.1 Å². The zero-order chi connectivity index (χ0) is 36.3. The molecule has 0 bridgehead atoms. The Kier molecular flexibility index (Phi) is 7.40. The van der Waals surface area contributed by atoms with Crippen LogP contribution >= 0.6 is 11.8 Å². The van der Waals surface area contributed by atoms with Gasteiger partial charge in [0.05, 0.1) is 5.41 Å². The molecule has 0 amide bonds. The normalized spacial score (nSPS) is 14.9. The van der Waals surface area contributed by atoms with Crippen molar-refractivity contribution in [3.05, 3.63) is 235 Å². The molecule has 0 aromatic heterocycles. The highest BCUT2D eigenvalue weighted by Crippen LogP contribution is 2.63. The van der Waals surface area contributed by atoms with Gasteiger partial charge in [-0.25, -0.2) is 0 Å². The number of hydrogen-bond acceptors (Lipinski definition) is 2. The van der Waals surface area contributed by atoms with Gasteiger partial charge < -0.3 is 4.90 Å². The molecule has 9 aromatic rings. The SMILES string of the molecule is c1ccc(-c2ccc(N(c3ccc(-c4ccccc4)cc3)c3ccc4c(c3)-c3ccccc3C43c4ccccc4Sc4ccc5ccccc5c43)cc2)cc1. The van der Waals surface area contributed by atoms with Crippen LogP contribution in [0.3, 0.4) is 0 Å². The second-order valence-electron chi connectivity index (χ2n) is 14.4. The van der Waals surface area contributed by atoms with Crippen molar-refractivity contribution >= 4 is 39.6 Å². The van der Waals surface area contributed by atoms with Crippen LogP contribution in [0.15, 0.2) is 222 Å². The Morgan fingerprint density at radius 1 is 0.345 bits per heavy atom. The largest absolute Gasteiger partial charge is 0.310 e. The molecule has 0 saturated heterocycles. The summed E-state index contributed by atoms with van der Waals surface area (Å²) < 4.78 is 0. The lowest BCUT2D eigenvalue weighted by molar-refractivity contribution is 0.730. The van der Waals surface area contributed by atoms with Gasteiger partial charge in [-0.15, -0.1) is 0 Å². The fourth-order valence-electron chi connectivity index (χ4n) is 9.13. The molecule has 11 rings (SSSR count). The monoisotopic (exact) mass is 717 g/mol. The highest BCUT2D eigenvalue weighted by molar-refractivity contribution is 7.99. The molecular weight excluding hydrogens is 683 g/mol. The molecule has 2 heteroatoms. The number of hydrogen-bond donors (Lipinski definition) is 0. The summed E-state index contributed by atoms with van der Waals surface area (Å²) in [6.07, 6.45) is 0. The summed E-state index contributed by atoms with van der Waals surface area (Å²) >= 11 is 1.90. The molecular formula is C53H35NS. The van der Waals surface area contributed by atoms with Gasteiger partial charge in [-0.1, -0.05) is 176 Å². The third kappa shape index (κ3) is 4.95. The maximum absolute atomic E-state index is 2.44. The van der Waals surface area contributed by atoms with Gasteiger partial charge in [0.2, 0.25) is 0 Å².